The molecule has 3 aromatic rings. The zero-order chi connectivity index (χ0) is 22.6. The highest BCUT2D eigenvalue weighted by molar-refractivity contribution is 7.92. The van der Waals surface area contributed by atoms with Crippen LogP contribution in [0.25, 0.3) is 0 Å². The molecule has 6 nitrogen and oxygen atoms in total. The quantitative estimate of drug-likeness (QED) is 0.466. The standard InChI is InChI=1S/C21H17Cl3N2O4S/c1-30-20-10-8-14(22)11-18(20)25-21(27)13-26(19-12-15(23)7-9-17(19)24)31(28,29)16-5-3-2-4-6-16/h2-12H,13H2,1H3,(H,25,27). The van der Waals surface area contributed by atoms with Crippen molar-refractivity contribution in [1.82, 2.24) is 0 Å². The highest BCUT2D eigenvalue weighted by Crippen LogP contribution is 2.33. The van der Waals surface area contributed by atoms with Crippen molar-refractivity contribution in [2.24, 2.45) is 0 Å². The Bertz CT molecular complexity index is 1200. The molecular weight excluding hydrogens is 483 g/mol. The monoisotopic (exact) mass is 498 g/mol. The normalized spacial score (nSPS) is 11.1. The van der Waals surface area contributed by atoms with Crippen molar-refractivity contribution in [2.75, 3.05) is 23.3 Å². The fraction of sp³-hybridized carbons (Fsp3) is 0.0952. The zero-order valence-electron chi connectivity index (χ0n) is 16.2. The summed E-state index contributed by atoms with van der Waals surface area (Å²) in [7, 11) is -2.69. The smallest absolute Gasteiger partial charge is 0.264 e. The molecule has 0 saturated carbocycles. The highest BCUT2D eigenvalue weighted by atomic mass is 35.5. The van der Waals surface area contributed by atoms with Crippen molar-refractivity contribution < 1.29 is 17.9 Å². The van der Waals surface area contributed by atoms with Crippen LogP contribution in [0.4, 0.5) is 11.4 Å². The summed E-state index contributed by atoms with van der Waals surface area (Å²) in [5.74, 6) is -0.257. The zero-order valence-corrected chi connectivity index (χ0v) is 19.3. The van der Waals surface area contributed by atoms with Gasteiger partial charge in [-0.25, -0.2) is 8.42 Å². The number of anilines is 2. The molecule has 1 amide bonds. The molecule has 0 aliphatic heterocycles. The second kappa shape index (κ2) is 9.78. The van der Waals surface area contributed by atoms with Gasteiger partial charge in [0.2, 0.25) is 5.91 Å². The maximum atomic E-state index is 13.4. The minimum absolute atomic E-state index is 0.000761. The van der Waals surface area contributed by atoms with Crippen molar-refractivity contribution in [3.63, 3.8) is 0 Å². The molecule has 0 bridgehead atoms. The van der Waals surface area contributed by atoms with E-state index in [9.17, 15) is 13.2 Å². The maximum Gasteiger partial charge on any atom is 0.264 e. The number of benzene rings is 3. The maximum absolute atomic E-state index is 13.4. The van der Waals surface area contributed by atoms with E-state index in [-0.39, 0.29) is 20.6 Å². The van der Waals surface area contributed by atoms with Gasteiger partial charge in [0, 0.05) is 10.0 Å². The largest absolute Gasteiger partial charge is 0.495 e. The number of carbonyl (C=O) groups is 1. The number of amides is 1. The average molecular weight is 500 g/mol. The summed E-state index contributed by atoms with van der Waals surface area (Å²) in [4.78, 5) is 12.9. The number of hydrogen-bond acceptors (Lipinski definition) is 4. The Hall–Kier alpha value is -2.45. The number of hydrogen-bond donors (Lipinski definition) is 1. The van der Waals surface area contributed by atoms with Gasteiger partial charge >= 0.3 is 0 Å². The van der Waals surface area contributed by atoms with Gasteiger partial charge in [-0.3, -0.25) is 9.10 Å². The van der Waals surface area contributed by atoms with E-state index in [1.54, 1.807) is 30.3 Å². The topological polar surface area (TPSA) is 75.7 Å². The van der Waals surface area contributed by atoms with Gasteiger partial charge in [0.15, 0.2) is 0 Å². The van der Waals surface area contributed by atoms with Crippen LogP contribution in [0.15, 0.2) is 71.6 Å². The second-order valence-electron chi connectivity index (χ2n) is 6.31. The molecule has 0 aliphatic carbocycles. The Kier molecular flexibility index (Phi) is 7.33. The molecule has 162 valence electrons. The number of carbonyl (C=O) groups excluding carboxylic acids is 1. The predicted octanol–water partition coefficient (Wildman–Crippen LogP) is 5.49. The minimum Gasteiger partial charge on any atom is -0.495 e. The van der Waals surface area contributed by atoms with Crippen LogP contribution in [0, 0.1) is 0 Å². The van der Waals surface area contributed by atoms with E-state index < -0.39 is 22.5 Å². The first-order valence-electron chi connectivity index (χ1n) is 8.88. The molecule has 0 radical (unpaired) electrons. The summed E-state index contributed by atoms with van der Waals surface area (Å²) in [5.41, 5.74) is 0.375. The molecule has 10 heteroatoms. The molecule has 3 aromatic carbocycles. The van der Waals surface area contributed by atoms with Crippen LogP contribution in [0.5, 0.6) is 5.75 Å². The molecule has 0 aliphatic rings. The number of nitrogens with zero attached hydrogens (tertiary/aromatic N) is 1. The number of sulfonamides is 1. The van der Waals surface area contributed by atoms with Gasteiger partial charge in [0.25, 0.3) is 10.0 Å². The van der Waals surface area contributed by atoms with Crippen LogP contribution in [0.1, 0.15) is 0 Å². The first-order chi connectivity index (χ1) is 14.7. The number of rotatable bonds is 7. The Morgan fingerprint density at radius 1 is 0.968 bits per heavy atom. The average Bonchev–Trinajstić information content (AvgIpc) is 2.74. The van der Waals surface area contributed by atoms with E-state index in [4.69, 9.17) is 39.5 Å². The van der Waals surface area contributed by atoms with Crippen molar-refractivity contribution >= 4 is 62.1 Å². The van der Waals surface area contributed by atoms with E-state index in [2.05, 4.69) is 5.32 Å². The third-order valence-corrected chi connectivity index (χ3v) is 6.79. The number of methoxy groups -OCH3 is 1. The molecule has 0 heterocycles. The molecule has 0 atom stereocenters. The van der Waals surface area contributed by atoms with Crippen LogP contribution in [-0.2, 0) is 14.8 Å². The van der Waals surface area contributed by atoms with Crippen molar-refractivity contribution in [1.29, 1.82) is 0 Å². The van der Waals surface area contributed by atoms with Gasteiger partial charge < -0.3 is 10.1 Å². The van der Waals surface area contributed by atoms with Crippen LogP contribution in [0.2, 0.25) is 15.1 Å². The summed E-state index contributed by atoms with van der Waals surface area (Å²) < 4.78 is 32.8. The SMILES string of the molecule is COc1ccc(Cl)cc1NC(=O)CN(c1cc(Cl)ccc1Cl)S(=O)(=O)c1ccccc1. The summed E-state index contributed by atoms with van der Waals surface area (Å²) in [6.07, 6.45) is 0. The van der Waals surface area contributed by atoms with E-state index in [1.807, 2.05) is 0 Å². The molecule has 31 heavy (non-hydrogen) atoms. The highest BCUT2D eigenvalue weighted by Gasteiger charge is 2.29. The molecular formula is C21H17Cl3N2O4S. The number of ether oxygens (including phenoxy) is 1. The van der Waals surface area contributed by atoms with Gasteiger partial charge in [-0.05, 0) is 48.5 Å². The van der Waals surface area contributed by atoms with Crippen molar-refractivity contribution in [3.8, 4) is 5.75 Å². The minimum atomic E-state index is -4.13. The fourth-order valence-corrected chi connectivity index (χ4v) is 4.86. The number of nitrogens with one attached hydrogen (secondary N) is 1. The Morgan fingerprint density at radius 3 is 2.29 bits per heavy atom. The van der Waals surface area contributed by atoms with Crippen molar-refractivity contribution in [2.45, 2.75) is 4.90 Å². The van der Waals surface area contributed by atoms with Gasteiger partial charge in [0.05, 0.1) is 28.4 Å². The molecule has 0 saturated heterocycles. The number of halogens is 3. The van der Waals surface area contributed by atoms with E-state index in [1.165, 1.54) is 43.5 Å². The third kappa shape index (κ3) is 5.43. The molecule has 0 aromatic heterocycles. The van der Waals surface area contributed by atoms with Crippen molar-refractivity contribution in [3.05, 3.63) is 81.8 Å². The summed E-state index contributed by atoms with van der Waals surface area (Å²) in [5, 5.41) is 3.40. The van der Waals surface area contributed by atoms with Crippen LogP contribution in [-0.4, -0.2) is 28.0 Å². The van der Waals surface area contributed by atoms with Crippen LogP contribution in [0.3, 0.4) is 0 Å². The van der Waals surface area contributed by atoms with E-state index in [0.29, 0.717) is 16.5 Å². The Labute approximate surface area is 195 Å². The first-order valence-corrected chi connectivity index (χ1v) is 11.5. The Morgan fingerprint density at radius 2 is 1.61 bits per heavy atom. The molecule has 3 rings (SSSR count). The summed E-state index contributed by atoms with van der Waals surface area (Å²) in [6, 6.07) is 16.8. The van der Waals surface area contributed by atoms with E-state index in [0.717, 1.165) is 4.31 Å². The van der Waals surface area contributed by atoms with Crippen LogP contribution >= 0.6 is 34.8 Å². The van der Waals surface area contributed by atoms with Gasteiger partial charge in [-0.2, -0.15) is 0 Å². The summed E-state index contributed by atoms with van der Waals surface area (Å²) >= 11 is 18.3. The predicted molar refractivity (Wildman–Crippen MR) is 124 cm³/mol. The summed E-state index contributed by atoms with van der Waals surface area (Å²) in [6.45, 7) is -0.563. The van der Waals surface area contributed by atoms with Gasteiger partial charge in [-0.15, -0.1) is 0 Å². The molecule has 0 spiro atoms. The van der Waals surface area contributed by atoms with Gasteiger partial charge in [-0.1, -0.05) is 53.0 Å². The molecule has 0 fully saturated rings. The fourth-order valence-electron chi connectivity index (χ4n) is 2.79. The van der Waals surface area contributed by atoms with Gasteiger partial charge in [0.1, 0.15) is 12.3 Å². The lowest BCUT2D eigenvalue weighted by molar-refractivity contribution is -0.114. The third-order valence-electron chi connectivity index (χ3n) is 4.23. The van der Waals surface area contributed by atoms with E-state index >= 15 is 0 Å². The Balaban J connectivity index is 2.01. The molecule has 1 N–H and O–H groups in total. The van der Waals surface area contributed by atoms with Crippen LogP contribution < -0.4 is 14.4 Å². The lowest BCUT2D eigenvalue weighted by atomic mass is 10.3. The first kappa shape index (κ1) is 23.2. The second-order valence-corrected chi connectivity index (χ2v) is 9.46. The lowest BCUT2D eigenvalue weighted by Crippen LogP contribution is -2.38. The lowest BCUT2D eigenvalue weighted by Gasteiger charge is -2.25. The molecule has 0 unspecified atom stereocenters.